The molecular weight excluding hydrogens is 336 g/mol. The number of carbonyl (C=O) groups is 1. The highest BCUT2D eigenvalue weighted by molar-refractivity contribution is 7.89. The minimum absolute atomic E-state index is 0.00390. The van der Waals surface area contributed by atoms with Crippen molar-refractivity contribution in [3.8, 4) is 0 Å². The molecule has 2 N–H and O–H groups in total. The number of sulfonamides is 1. The molecule has 2 aliphatic carbocycles. The summed E-state index contributed by atoms with van der Waals surface area (Å²) in [6.45, 7) is 0. The molecule has 126 valence electrons. The van der Waals surface area contributed by atoms with Gasteiger partial charge in [0.15, 0.2) is 0 Å². The van der Waals surface area contributed by atoms with E-state index in [0.29, 0.717) is 5.56 Å². The molecule has 1 aromatic carbocycles. The van der Waals surface area contributed by atoms with Crippen molar-refractivity contribution in [2.45, 2.75) is 61.9 Å². The standard InChI is InChI=1S/C16H21ClN2O3S/c17-14-9-6-11(16(20)18-12-4-2-1-3-5-12)10-15(14)23(21,22)19-13-7-8-13/h6,9-10,12-13,19H,1-5,7-8H2,(H,18,20). The molecular formula is C16H21ClN2O3S. The lowest BCUT2D eigenvalue weighted by molar-refractivity contribution is 0.0927. The van der Waals surface area contributed by atoms with E-state index in [4.69, 9.17) is 11.6 Å². The molecule has 0 heterocycles. The third-order valence-electron chi connectivity index (χ3n) is 4.32. The summed E-state index contributed by atoms with van der Waals surface area (Å²) in [5, 5.41) is 3.12. The van der Waals surface area contributed by atoms with Crippen LogP contribution in [0.25, 0.3) is 0 Å². The van der Waals surface area contributed by atoms with Gasteiger partial charge in [-0.1, -0.05) is 30.9 Å². The fourth-order valence-electron chi connectivity index (χ4n) is 2.85. The predicted molar refractivity (Wildman–Crippen MR) is 89.1 cm³/mol. The van der Waals surface area contributed by atoms with Crippen LogP contribution in [0.2, 0.25) is 5.02 Å². The summed E-state index contributed by atoms with van der Waals surface area (Å²) < 4.78 is 27.3. The molecule has 5 nitrogen and oxygen atoms in total. The highest BCUT2D eigenvalue weighted by Crippen LogP contribution is 2.27. The Morgan fingerprint density at radius 1 is 1.04 bits per heavy atom. The maximum absolute atomic E-state index is 12.4. The van der Waals surface area contributed by atoms with Crippen molar-refractivity contribution in [1.29, 1.82) is 0 Å². The maximum Gasteiger partial charge on any atom is 0.251 e. The zero-order valence-electron chi connectivity index (χ0n) is 12.8. The van der Waals surface area contributed by atoms with Crippen molar-refractivity contribution in [3.63, 3.8) is 0 Å². The fourth-order valence-corrected chi connectivity index (χ4v) is 4.68. The molecule has 7 heteroatoms. The number of hydrogen-bond donors (Lipinski definition) is 2. The van der Waals surface area contributed by atoms with E-state index < -0.39 is 10.0 Å². The van der Waals surface area contributed by atoms with Crippen molar-refractivity contribution in [3.05, 3.63) is 28.8 Å². The van der Waals surface area contributed by atoms with Gasteiger partial charge in [0.1, 0.15) is 4.90 Å². The third kappa shape index (κ3) is 4.25. The number of hydrogen-bond acceptors (Lipinski definition) is 3. The monoisotopic (exact) mass is 356 g/mol. The lowest BCUT2D eigenvalue weighted by atomic mass is 9.95. The van der Waals surface area contributed by atoms with E-state index in [1.165, 1.54) is 18.6 Å². The van der Waals surface area contributed by atoms with Gasteiger partial charge in [0.05, 0.1) is 5.02 Å². The van der Waals surface area contributed by atoms with Crippen LogP contribution in [0.1, 0.15) is 55.3 Å². The smallest absolute Gasteiger partial charge is 0.251 e. The van der Waals surface area contributed by atoms with Crippen LogP contribution in [0.15, 0.2) is 23.1 Å². The van der Waals surface area contributed by atoms with E-state index in [9.17, 15) is 13.2 Å². The lowest BCUT2D eigenvalue weighted by Crippen LogP contribution is -2.36. The second-order valence-corrected chi connectivity index (χ2v) is 8.44. The highest BCUT2D eigenvalue weighted by Gasteiger charge is 2.29. The molecule has 0 atom stereocenters. The first-order valence-electron chi connectivity index (χ1n) is 8.08. The van der Waals surface area contributed by atoms with E-state index in [-0.39, 0.29) is 27.9 Å². The van der Waals surface area contributed by atoms with Crippen LogP contribution >= 0.6 is 11.6 Å². The number of rotatable bonds is 5. The molecule has 0 saturated heterocycles. The Morgan fingerprint density at radius 2 is 1.74 bits per heavy atom. The maximum atomic E-state index is 12.4. The van der Waals surface area contributed by atoms with Crippen molar-refractivity contribution < 1.29 is 13.2 Å². The summed E-state index contributed by atoms with van der Waals surface area (Å²) in [5.41, 5.74) is 0.330. The number of benzene rings is 1. The molecule has 2 saturated carbocycles. The Kier molecular flexibility index (Phi) is 4.94. The van der Waals surface area contributed by atoms with Crippen LogP contribution in [-0.2, 0) is 10.0 Å². The second-order valence-electron chi connectivity index (χ2n) is 6.35. The van der Waals surface area contributed by atoms with E-state index in [1.807, 2.05) is 0 Å². The molecule has 0 radical (unpaired) electrons. The Hall–Kier alpha value is -1.11. The summed E-state index contributed by atoms with van der Waals surface area (Å²) in [7, 11) is -3.68. The number of nitrogens with one attached hydrogen (secondary N) is 2. The zero-order valence-corrected chi connectivity index (χ0v) is 14.4. The molecule has 0 unspecified atom stereocenters. The predicted octanol–water partition coefficient (Wildman–Crippen LogP) is 2.84. The Labute approximate surface area is 141 Å². The van der Waals surface area contributed by atoms with Crippen molar-refractivity contribution in [2.75, 3.05) is 0 Å². The lowest BCUT2D eigenvalue weighted by Gasteiger charge is -2.22. The van der Waals surface area contributed by atoms with Gasteiger partial charge in [-0.2, -0.15) is 0 Å². The second kappa shape index (κ2) is 6.79. The van der Waals surface area contributed by atoms with Gasteiger partial charge >= 0.3 is 0 Å². The Bertz CT molecular complexity index is 695. The molecule has 3 rings (SSSR count). The summed E-state index contributed by atoms with van der Waals surface area (Å²) in [6.07, 6.45) is 7.11. The van der Waals surface area contributed by atoms with Gasteiger partial charge in [0, 0.05) is 17.6 Å². The fraction of sp³-hybridized carbons (Fsp3) is 0.562. The van der Waals surface area contributed by atoms with Crippen LogP contribution in [0.3, 0.4) is 0 Å². The van der Waals surface area contributed by atoms with E-state index in [0.717, 1.165) is 38.5 Å². The van der Waals surface area contributed by atoms with Gasteiger partial charge in [-0.05, 0) is 43.9 Å². The van der Waals surface area contributed by atoms with Crippen LogP contribution in [0.5, 0.6) is 0 Å². The first kappa shape index (κ1) is 16.7. The van der Waals surface area contributed by atoms with Gasteiger partial charge in [-0.25, -0.2) is 13.1 Å². The van der Waals surface area contributed by atoms with Crippen molar-refractivity contribution in [1.82, 2.24) is 10.0 Å². The summed E-state index contributed by atoms with van der Waals surface area (Å²) in [4.78, 5) is 12.3. The van der Waals surface area contributed by atoms with E-state index in [2.05, 4.69) is 10.0 Å². The molecule has 0 bridgehead atoms. The topological polar surface area (TPSA) is 75.3 Å². The van der Waals surface area contributed by atoms with Gasteiger partial charge in [-0.15, -0.1) is 0 Å². The average molecular weight is 357 g/mol. The average Bonchev–Trinajstić information content (AvgIpc) is 3.31. The molecule has 1 amide bonds. The quantitative estimate of drug-likeness (QED) is 0.851. The number of halogens is 1. The van der Waals surface area contributed by atoms with Gasteiger partial charge in [-0.3, -0.25) is 4.79 Å². The Balaban J connectivity index is 1.77. The van der Waals surface area contributed by atoms with E-state index >= 15 is 0 Å². The number of carbonyl (C=O) groups excluding carboxylic acids is 1. The van der Waals surface area contributed by atoms with Crippen molar-refractivity contribution in [2.24, 2.45) is 0 Å². The Morgan fingerprint density at radius 3 is 2.39 bits per heavy atom. The summed E-state index contributed by atoms with van der Waals surface area (Å²) in [5.74, 6) is -0.239. The van der Waals surface area contributed by atoms with E-state index in [1.54, 1.807) is 6.07 Å². The normalized spacial score (nSPS) is 19.5. The van der Waals surface area contributed by atoms with Gasteiger partial charge in [0.25, 0.3) is 5.91 Å². The molecule has 2 aliphatic rings. The van der Waals surface area contributed by atoms with Crippen LogP contribution in [0, 0.1) is 0 Å². The molecule has 1 aromatic rings. The first-order valence-corrected chi connectivity index (χ1v) is 9.94. The van der Waals surface area contributed by atoms with Crippen molar-refractivity contribution >= 4 is 27.5 Å². The molecule has 0 spiro atoms. The first-order chi connectivity index (χ1) is 11.0. The van der Waals surface area contributed by atoms with Crippen LogP contribution in [-0.4, -0.2) is 26.4 Å². The SMILES string of the molecule is O=C(NC1CCCCC1)c1ccc(Cl)c(S(=O)(=O)NC2CC2)c1. The third-order valence-corrected chi connectivity index (χ3v) is 6.32. The largest absolute Gasteiger partial charge is 0.349 e. The van der Waals surface area contributed by atoms with Crippen LogP contribution in [0.4, 0.5) is 0 Å². The summed E-state index contributed by atoms with van der Waals surface area (Å²) in [6, 6.07) is 4.58. The van der Waals surface area contributed by atoms with Gasteiger partial charge < -0.3 is 5.32 Å². The molecule has 0 aromatic heterocycles. The molecule has 0 aliphatic heterocycles. The number of amides is 1. The summed E-state index contributed by atoms with van der Waals surface area (Å²) >= 11 is 6.03. The highest BCUT2D eigenvalue weighted by atomic mass is 35.5. The zero-order chi connectivity index (χ0) is 16.4. The van der Waals surface area contributed by atoms with Crippen LogP contribution < -0.4 is 10.0 Å². The molecule has 23 heavy (non-hydrogen) atoms. The van der Waals surface area contributed by atoms with Gasteiger partial charge in [0.2, 0.25) is 10.0 Å². The molecule has 2 fully saturated rings. The minimum atomic E-state index is -3.68. The minimum Gasteiger partial charge on any atom is -0.349 e.